The summed E-state index contributed by atoms with van der Waals surface area (Å²) in [7, 11) is 0. The molecule has 1 atom stereocenters. The first kappa shape index (κ1) is 11.5. The lowest BCUT2D eigenvalue weighted by molar-refractivity contribution is 0.315. The van der Waals surface area contributed by atoms with Gasteiger partial charge < -0.3 is 16.3 Å². The average molecular weight is 207 g/mol. The van der Waals surface area contributed by atoms with Crippen LogP contribution >= 0.6 is 0 Å². The van der Waals surface area contributed by atoms with Gasteiger partial charge in [0.15, 0.2) is 5.84 Å². The van der Waals surface area contributed by atoms with Crippen LogP contribution in [0.3, 0.4) is 0 Å². The molecule has 1 unspecified atom stereocenters. The number of nitrogens with one attached hydrogen (secondary N) is 1. The number of rotatable bonds is 4. The molecular weight excluding hydrogens is 190 g/mol. The third-order valence-electron chi connectivity index (χ3n) is 2.42. The Labute approximate surface area is 89.8 Å². The molecule has 0 fully saturated rings. The average Bonchev–Trinajstić information content (AvgIpc) is 2.26. The molecule has 1 aromatic carbocycles. The van der Waals surface area contributed by atoms with Crippen LogP contribution in [0.5, 0.6) is 0 Å². The summed E-state index contributed by atoms with van der Waals surface area (Å²) in [6.45, 7) is 4.63. The predicted octanol–water partition coefficient (Wildman–Crippen LogP) is 1.22. The number of benzene rings is 1. The monoisotopic (exact) mass is 207 g/mol. The maximum atomic E-state index is 8.48. The van der Waals surface area contributed by atoms with Crippen LogP contribution in [0.1, 0.15) is 18.1 Å². The van der Waals surface area contributed by atoms with Crippen LogP contribution in [0.25, 0.3) is 0 Å². The number of oxime groups is 1. The zero-order valence-electron chi connectivity index (χ0n) is 9.07. The van der Waals surface area contributed by atoms with Crippen molar-refractivity contribution in [2.45, 2.75) is 26.4 Å². The molecule has 0 bridgehead atoms. The van der Waals surface area contributed by atoms with E-state index in [1.165, 1.54) is 11.1 Å². The van der Waals surface area contributed by atoms with Gasteiger partial charge >= 0.3 is 0 Å². The van der Waals surface area contributed by atoms with Crippen molar-refractivity contribution in [3.8, 4) is 0 Å². The van der Waals surface area contributed by atoms with Gasteiger partial charge in [0, 0.05) is 6.54 Å². The van der Waals surface area contributed by atoms with Gasteiger partial charge in [-0.3, -0.25) is 0 Å². The summed E-state index contributed by atoms with van der Waals surface area (Å²) in [5, 5.41) is 14.6. The third-order valence-corrected chi connectivity index (χ3v) is 2.42. The van der Waals surface area contributed by atoms with Crippen LogP contribution in [0, 0.1) is 6.92 Å². The molecule has 0 aliphatic carbocycles. The van der Waals surface area contributed by atoms with Gasteiger partial charge in [-0.2, -0.15) is 0 Å². The van der Waals surface area contributed by atoms with Crippen molar-refractivity contribution in [3.05, 3.63) is 35.4 Å². The molecule has 0 aliphatic rings. The van der Waals surface area contributed by atoms with Gasteiger partial charge in [-0.05, 0) is 25.0 Å². The van der Waals surface area contributed by atoms with E-state index in [2.05, 4.69) is 29.5 Å². The Balaban J connectivity index is 2.54. The van der Waals surface area contributed by atoms with Gasteiger partial charge in [-0.15, -0.1) is 0 Å². The number of aryl methyl sites for hydroxylation is 1. The van der Waals surface area contributed by atoms with E-state index in [-0.39, 0.29) is 11.9 Å². The van der Waals surface area contributed by atoms with Crippen LogP contribution in [-0.4, -0.2) is 17.1 Å². The molecule has 0 aromatic heterocycles. The molecule has 0 aliphatic heterocycles. The molecule has 15 heavy (non-hydrogen) atoms. The second-order valence-corrected chi connectivity index (χ2v) is 3.55. The van der Waals surface area contributed by atoms with Gasteiger partial charge in [-0.1, -0.05) is 29.4 Å². The molecule has 4 N–H and O–H groups in total. The molecule has 0 saturated carbocycles. The lowest BCUT2D eigenvalue weighted by Gasteiger charge is -2.13. The van der Waals surface area contributed by atoms with E-state index in [0.717, 1.165) is 0 Å². The maximum absolute atomic E-state index is 8.48. The highest BCUT2D eigenvalue weighted by molar-refractivity contribution is 5.84. The minimum absolute atomic E-state index is 0.130. The van der Waals surface area contributed by atoms with Crippen molar-refractivity contribution in [2.75, 3.05) is 0 Å². The van der Waals surface area contributed by atoms with Crippen LogP contribution in [0.15, 0.2) is 29.4 Å². The summed E-state index contributed by atoms with van der Waals surface area (Å²) >= 11 is 0. The Morgan fingerprint density at radius 3 is 2.80 bits per heavy atom. The number of amidine groups is 1. The summed E-state index contributed by atoms with van der Waals surface area (Å²) in [5.74, 6) is 0.198. The first-order chi connectivity index (χ1) is 7.15. The standard InChI is InChI=1S/C11H17N3O/c1-8-5-3-4-6-10(8)7-13-9(2)11(12)14-15/h3-6,9,13,15H,7H2,1-2H3,(H2,12,14). The Bertz CT molecular complexity index is 349. The topological polar surface area (TPSA) is 70.6 Å². The van der Waals surface area contributed by atoms with E-state index < -0.39 is 0 Å². The molecule has 1 aromatic rings. The third kappa shape index (κ3) is 3.25. The number of hydrogen-bond donors (Lipinski definition) is 3. The fourth-order valence-electron chi connectivity index (χ4n) is 1.26. The normalized spacial score (nSPS) is 13.9. The fraction of sp³-hybridized carbons (Fsp3) is 0.364. The number of nitrogens with two attached hydrogens (primary N) is 1. The summed E-state index contributed by atoms with van der Waals surface area (Å²) in [5.41, 5.74) is 7.91. The van der Waals surface area contributed by atoms with E-state index in [1.54, 1.807) is 0 Å². The number of nitrogens with zero attached hydrogens (tertiary/aromatic N) is 1. The van der Waals surface area contributed by atoms with E-state index in [4.69, 9.17) is 10.9 Å². The fourth-order valence-corrected chi connectivity index (χ4v) is 1.26. The van der Waals surface area contributed by atoms with Crippen LogP contribution in [0.4, 0.5) is 0 Å². The van der Waals surface area contributed by atoms with Crippen LogP contribution in [-0.2, 0) is 6.54 Å². The van der Waals surface area contributed by atoms with Gasteiger partial charge in [0.2, 0.25) is 0 Å². The first-order valence-electron chi connectivity index (χ1n) is 4.90. The Morgan fingerprint density at radius 1 is 1.53 bits per heavy atom. The molecule has 82 valence electrons. The highest BCUT2D eigenvalue weighted by atomic mass is 16.4. The molecule has 1 rings (SSSR count). The van der Waals surface area contributed by atoms with Gasteiger partial charge in [0.1, 0.15) is 0 Å². The summed E-state index contributed by atoms with van der Waals surface area (Å²) in [6.07, 6.45) is 0. The van der Waals surface area contributed by atoms with Crippen LogP contribution in [0.2, 0.25) is 0 Å². The largest absolute Gasteiger partial charge is 0.409 e. The summed E-state index contributed by atoms with van der Waals surface area (Å²) < 4.78 is 0. The Morgan fingerprint density at radius 2 is 2.20 bits per heavy atom. The van der Waals surface area contributed by atoms with Gasteiger partial charge in [-0.25, -0.2) is 0 Å². The number of hydrogen-bond acceptors (Lipinski definition) is 3. The molecular formula is C11H17N3O. The zero-order chi connectivity index (χ0) is 11.3. The molecule has 0 spiro atoms. The molecule has 0 heterocycles. The van der Waals surface area contributed by atoms with E-state index in [0.29, 0.717) is 6.54 Å². The zero-order valence-corrected chi connectivity index (χ0v) is 9.07. The molecule has 0 radical (unpaired) electrons. The second kappa shape index (κ2) is 5.36. The lowest BCUT2D eigenvalue weighted by atomic mass is 10.1. The molecule has 4 heteroatoms. The first-order valence-corrected chi connectivity index (χ1v) is 4.90. The summed E-state index contributed by atoms with van der Waals surface area (Å²) in [4.78, 5) is 0. The van der Waals surface area contributed by atoms with Crippen molar-refractivity contribution in [1.29, 1.82) is 0 Å². The van der Waals surface area contributed by atoms with E-state index >= 15 is 0 Å². The quantitative estimate of drug-likeness (QED) is 0.301. The van der Waals surface area contributed by atoms with Crippen molar-refractivity contribution >= 4 is 5.84 Å². The highest BCUT2D eigenvalue weighted by Gasteiger charge is 2.06. The minimum atomic E-state index is -0.130. The SMILES string of the molecule is Cc1ccccc1CNC(C)C(N)=NO. The molecule has 0 saturated heterocycles. The van der Waals surface area contributed by atoms with Crippen molar-refractivity contribution in [3.63, 3.8) is 0 Å². The maximum Gasteiger partial charge on any atom is 0.156 e. The van der Waals surface area contributed by atoms with Crippen molar-refractivity contribution in [1.82, 2.24) is 5.32 Å². The van der Waals surface area contributed by atoms with Gasteiger partial charge in [0.25, 0.3) is 0 Å². The minimum Gasteiger partial charge on any atom is -0.409 e. The smallest absolute Gasteiger partial charge is 0.156 e. The van der Waals surface area contributed by atoms with Crippen molar-refractivity contribution < 1.29 is 5.21 Å². The Kier molecular flexibility index (Phi) is 4.12. The molecule has 0 amide bonds. The second-order valence-electron chi connectivity index (χ2n) is 3.55. The summed E-state index contributed by atoms with van der Waals surface area (Å²) in [6, 6.07) is 7.99. The van der Waals surface area contributed by atoms with Crippen molar-refractivity contribution in [2.24, 2.45) is 10.9 Å². The molecule has 4 nitrogen and oxygen atoms in total. The highest BCUT2D eigenvalue weighted by Crippen LogP contribution is 2.06. The predicted molar refractivity (Wildman–Crippen MR) is 60.9 cm³/mol. The van der Waals surface area contributed by atoms with E-state index in [9.17, 15) is 0 Å². The Hall–Kier alpha value is -1.55. The van der Waals surface area contributed by atoms with Crippen LogP contribution < -0.4 is 11.1 Å². The van der Waals surface area contributed by atoms with Gasteiger partial charge in [0.05, 0.1) is 6.04 Å². The lowest BCUT2D eigenvalue weighted by Crippen LogP contribution is -2.38. The van der Waals surface area contributed by atoms with E-state index in [1.807, 2.05) is 19.1 Å².